The van der Waals surface area contributed by atoms with E-state index in [1.54, 1.807) is 13.0 Å². The van der Waals surface area contributed by atoms with Crippen LogP contribution in [-0.2, 0) is 4.79 Å². The van der Waals surface area contributed by atoms with E-state index in [-0.39, 0.29) is 5.82 Å². The van der Waals surface area contributed by atoms with Crippen LogP contribution in [0.15, 0.2) is 29.8 Å². The first-order valence-electron chi connectivity index (χ1n) is 4.58. The highest BCUT2D eigenvalue weighted by molar-refractivity contribution is 14.1. The minimum Gasteiger partial charge on any atom is -0.478 e. The second-order valence-electron chi connectivity index (χ2n) is 3.31. The summed E-state index contributed by atoms with van der Waals surface area (Å²) in [6.45, 7) is 2.14. The van der Waals surface area contributed by atoms with E-state index >= 15 is 0 Å². The number of rotatable bonds is 4. The third-order valence-electron chi connectivity index (χ3n) is 1.86. The first kappa shape index (κ1) is 13.0. The second kappa shape index (κ2) is 5.83. The van der Waals surface area contributed by atoms with Gasteiger partial charge in [0, 0.05) is 21.9 Å². The van der Waals surface area contributed by atoms with Crippen LogP contribution in [0.25, 0.3) is 0 Å². The number of halogens is 2. The van der Waals surface area contributed by atoms with Crippen molar-refractivity contribution >= 4 is 34.2 Å². The first-order valence-corrected chi connectivity index (χ1v) is 5.66. The van der Waals surface area contributed by atoms with Gasteiger partial charge in [0.1, 0.15) is 5.82 Å². The standard InChI is InChI=1S/C11H11FINO2/c1-7(4-11(15)16)6-14-10-3-2-8(12)5-9(10)13/h2-5,14H,6H2,1H3,(H,15,16)/b7-4-. The van der Waals surface area contributed by atoms with Crippen molar-refractivity contribution in [3.8, 4) is 0 Å². The Kier molecular flexibility index (Phi) is 4.72. The molecule has 0 bridgehead atoms. The second-order valence-corrected chi connectivity index (χ2v) is 4.47. The summed E-state index contributed by atoms with van der Waals surface area (Å²) in [5.74, 6) is -1.25. The Morgan fingerprint density at radius 1 is 1.62 bits per heavy atom. The fourth-order valence-electron chi connectivity index (χ4n) is 1.13. The Bertz CT molecular complexity index is 432. The number of aliphatic carboxylic acids is 1. The van der Waals surface area contributed by atoms with E-state index in [1.807, 2.05) is 22.6 Å². The van der Waals surface area contributed by atoms with Crippen molar-refractivity contribution in [2.75, 3.05) is 11.9 Å². The summed E-state index contributed by atoms with van der Waals surface area (Å²) in [6, 6.07) is 4.41. The number of carboxylic acids is 1. The van der Waals surface area contributed by atoms with Crippen LogP contribution in [0, 0.1) is 9.39 Å². The van der Waals surface area contributed by atoms with Gasteiger partial charge in [0.05, 0.1) is 0 Å². The minimum atomic E-state index is -0.965. The van der Waals surface area contributed by atoms with Crippen molar-refractivity contribution in [3.05, 3.63) is 39.2 Å². The molecule has 0 saturated carbocycles. The highest BCUT2D eigenvalue weighted by atomic mass is 127. The number of carbonyl (C=O) groups is 1. The minimum absolute atomic E-state index is 0.284. The topological polar surface area (TPSA) is 49.3 Å². The van der Waals surface area contributed by atoms with Crippen LogP contribution in [-0.4, -0.2) is 17.6 Å². The zero-order valence-electron chi connectivity index (χ0n) is 8.63. The molecule has 1 rings (SSSR count). The van der Waals surface area contributed by atoms with Gasteiger partial charge in [-0.25, -0.2) is 9.18 Å². The van der Waals surface area contributed by atoms with Crippen molar-refractivity contribution in [1.82, 2.24) is 0 Å². The summed E-state index contributed by atoms with van der Waals surface area (Å²) in [5.41, 5.74) is 1.49. The summed E-state index contributed by atoms with van der Waals surface area (Å²) in [5, 5.41) is 11.6. The van der Waals surface area contributed by atoms with Crippen LogP contribution in [0.2, 0.25) is 0 Å². The van der Waals surface area contributed by atoms with Crippen molar-refractivity contribution in [3.63, 3.8) is 0 Å². The van der Waals surface area contributed by atoms with Gasteiger partial charge < -0.3 is 10.4 Å². The van der Waals surface area contributed by atoms with Crippen molar-refractivity contribution in [1.29, 1.82) is 0 Å². The number of nitrogens with one attached hydrogen (secondary N) is 1. The normalized spacial score (nSPS) is 11.3. The van der Waals surface area contributed by atoms with Crippen LogP contribution >= 0.6 is 22.6 Å². The van der Waals surface area contributed by atoms with Gasteiger partial charge in [-0.3, -0.25) is 0 Å². The molecule has 0 aliphatic rings. The predicted octanol–water partition coefficient (Wildman–Crippen LogP) is 2.87. The smallest absolute Gasteiger partial charge is 0.328 e. The van der Waals surface area contributed by atoms with Gasteiger partial charge in [-0.05, 0) is 53.3 Å². The lowest BCUT2D eigenvalue weighted by atomic mass is 10.2. The number of benzene rings is 1. The van der Waals surface area contributed by atoms with Crippen LogP contribution in [0.4, 0.5) is 10.1 Å². The number of hydrogen-bond donors (Lipinski definition) is 2. The molecule has 0 heterocycles. The van der Waals surface area contributed by atoms with E-state index in [0.29, 0.717) is 12.1 Å². The molecule has 0 aliphatic heterocycles. The van der Waals surface area contributed by atoms with E-state index in [9.17, 15) is 9.18 Å². The molecule has 1 aromatic rings. The summed E-state index contributed by atoms with van der Waals surface area (Å²) in [6.07, 6.45) is 1.14. The van der Waals surface area contributed by atoms with Gasteiger partial charge in [0.25, 0.3) is 0 Å². The molecule has 0 fully saturated rings. The average molecular weight is 335 g/mol. The van der Waals surface area contributed by atoms with Gasteiger partial charge in [-0.2, -0.15) is 0 Å². The van der Waals surface area contributed by atoms with E-state index in [1.165, 1.54) is 12.1 Å². The van der Waals surface area contributed by atoms with Gasteiger partial charge in [-0.15, -0.1) is 0 Å². The van der Waals surface area contributed by atoms with Gasteiger partial charge in [-0.1, -0.05) is 0 Å². The molecular formula is C11H11FINO2. The third kappa shape index (κ3) is 4.18. The molecule has 0 amide bonds. The Balaban J connectivity index is 2.65. The quantitative estimate of drug-likeness (QED) is 0.657. The van der Waals surface area contributed by atoms with Gasteiger partial charge in [0.15, 0.2) is 0 Å². The lowest BCUT2D eigenvalue weighted by Gasteiger charge is -2.08. The molecule has 3 nitrogen and oxygen atoms in total. The lowest BCUT2D eigenvalue weighted by molar-refractivity contribution is -0.131. The SMILES string of the molecule is C/C(=C/C(=O)O)CNc1ccc(F)cc1I. The summed E-state index contributed by atoms with van der Waals surface area (Å²) in [7, 11) is 0. The molecule has 0 saturated heterocycles. The maximum Gasteiger partial charge on any atom is 0.328 e. The van der Waals surface area contributed by atoms with Gasteiger partial charge in [0.2, 0.25) is 0 Å². The number of carboxylic acid groups (broad SMARTS) is 1. The Morgan fingerprint density at radius 3 is 2.88 bits per heavy atom. The molecule has 0 spiro atoms. The molecule has 0 aliphatic carbocycles. The van der Waals surface area contributed by atoms with Crippen LogP contribution in [0.1, 0.15) is 6.92 Å². The molecule has 0 radical (unpaired) electrons. The van der Waals surface area contributed by atoms with Crippen LogP contribution in [0.3, 0.4) is 0 Å². The van der Waals surface area contributed by atoms with E-state index < -0.39 is 5.97 Å². The summed E-state index contributed by atoms with van der Waals surface area (Å²) >= 11 is 2.02. The molecule has 0 aromatic heterocycles. The fraction of sp³-hybridized carbons (Fsp3) is 0.182. The Morgan fingerprint density at radius 2 is 2.31 bits per heavy atom. The Hall–Kier alpha value is -1.11. The zero-order valence-corrected chi connectivity index (χ0v) is 10.8. The fourth-order valence-corrected chi connectivity index (χ4v) is 1.80. The van der Waals surface area contributed by atoms with Crippen molar-refractivity contribution in [2.45, 2.75) is 6.92 Å². The lowest BCUT2D eigenvalue weighted by Crippen LogP contribution is -2.05. The largest absolute Gasteiger partial charge is 0.478 e. The zero-order chi connectivity index (χ0) is 12.1. The molecule has 86 valence electrons. The van der Waals surface area contributed by atoms with E-state index in [4.69, 9.17) is 5.11 Å². The van der Waals surface area contributed by atoms with E-state index in [2.05, 4.69) is 5.32 Å². The number of anilines is 1. The molecule has 5 heteroatoms. The van der Waals surface area contributed by atoms with E-state index in [0.717, 1.165) is 15.3 Å². The highest BCUT2D eigenvalue weighted by Gasteiger charge is 2.01. The first-order chi connectivity index (χ1) is 7.49. The monoisotopic (exact) mass is 335 g/mol. The van der Waals surface area contributed by atoms with Crippen molar-refractivity contribution < 1.29 is 14.3 Å². The summed E-state index contributed by atoms with van der Waals surface area (Å²) < 4.78 is 13.6. The van der Waals surface area contributed by atoms with Crippen molar-refractivity contribution in [2.24, 2.45) is 0 Å². The van der Waals surface area contributed by atoms with Gasteiger partial charge >= 0.3 is 5.97 Å². The molecule has 16 heavy (non-hydrogen) atoms. The maximum atomic E-state index is 12.8. The molecule has 1 aromatic carbocycles. The molecule has 0 atom stereocenters. The van der Waals surface area contributed by atoms with Crippen LogP contribution in [0.5, 0.6) is 0 Å². The predicted molar refractivity (Wildman–Crippen MR) is 69.0 cm³/mol. The average Bonchev–Trinajstić information content (AvgIpc) is 2.15. The molecule has 0 unspecified atom stereocenters. The highest BCUT2D eigenvalue weighted by Crippen LogP contribution is 2.19. The Labute approximate surface area is 106 Å². The summed E-state index contributed by atoms with van der Waals surface area (Å²) in [4.78, 5) is 10.4. The number of hydrogen-bond acceptors (Lipinski definition) is 2. The van der Waals surface area contributed by atoms with Crippen LogP contribution < -0.4 is 5.32 Å². The maximum absolute atomic E-state index is 12.8. The molecule has 2 N–H and O–H groups in total. The third-order valence-corrected chi connectivity index (χ3v) is 2.75. The molecular weight excluding hydrogens is 324 g/mol.